The van der Waals surface area contributed by atoms with E-state index in [9.17, 15) is 19.2 Å². The van der Waals surface area contributed by atoms with E-state index in [0.717, 1.165) is 0 Å². The standard InChI is InChI=1S/C24H24N4O4/c29-21-17-9-1-3-11-19(17)25-13-5-8-16-28-22(30)18-10-2-4-12-20(18)26(24(28)32)14-6-7-15-27(21)23(25)31/h1-4,9-12H,5-8,13-16H2. The lowest BCUT2D eigenvalue weighted by Crippen LogP contribution is -2.41. The number of aromatic nitrogens is 4. The maximum atomic E-state index is 13.1. The van der Waals surface area contributed by atoms with E-state index in [1.54, 1.807) is 45.5 Å². The van der Waals surface area contributed by atoms with Gasteiger partial charge in [-0.25, -0.2) is 9.59 Å². The molecule has 5 rings (SSSR count). The predicted octanol–water partition coefficient (Wildman–Crippen LogP) is 1.91. The van der Waals surface area contributed by atoms with E-state index >= 15 is 0 Å². The maximum absolute atomic E-state index is 13.1. The molecule has 0 fully saturated rings. The normalized spacial score (nSPS) is 15.0. The second-order valence-electron chi connectivity index (χ2n) is 8.23. The van der Waals surface area contributed by atoms with Crippen molar-refractivity contribution in [1.82, 2.24) is 18.3 Å². The van der Waals surface area contributed by atoms with Gasteiger partial charge in [-0.3, -0.25) is 27.9 Å². The van der Waals surface area contributed by atoms with Gasteiger partial charge in [0.1, 0.15) is 0 Å². The molecule has 2 aromatic carbocycles. The summed E-state index contributed by atoms with van der Waals surface area (Å²) < 4.78 is 5.92. The zero-order valence-corrected chi connectivity index (χ0v) is 17.7. The van der Waals surface area contributed by atoms with Gasteiger partial charge in [-0.05, 0) is 49.9 Å². The van der Waals surface area contributed by atoms with Gasteiger partial charge in [0.15, 0.2) is 0 Å². The molecule has 0 saturated heterocycles. The van der Waals surface area contributed by atoms with Crippen LogP contribution < -0.4 is 22.5 Å². The lowest BCUT2D eigenvalue weighted by molar-refractivity contribution is 0.465. The predicted molar refractivity (Wildman–Crippen MR) is 123 cm³/mol. The lowest BCUT2D eigenvalue weighted by atomic mass is 10.2. The van der Waals surface area contributed by atoms with Crippen LogP contribution in [-0.2, 0) is 26.2 Å². The van der Waals surface area contributed by atoms with Crippen LogP contribution in [0.15, 0.2) is 67.7 Å². The fourth-order valence-corrected chi connectivity index (χ4v) is 4.65. The van der Waals surface area contributed by atoms with Gasteiger partial charge in [0.2, 0.25) is 0 Å². The molecule has 164 valence electrons. The molecular weight excluding hydrogens is 408 g/mol. The topological polar surface area (TPSA) is 88.0 Å². The van der Waals surface area contributed by atoms with Crippen molar-refractivity contribution in [3.8, 4) is 0 Å². The first-order valence-electron chi connectivity index (χ1n) is 11.0. The summed E-state index contributed by atoms with van der Waals surface area (Å²) in [7, 11) is 0. The summed E-state index contributed by atoms with van der Waals surface area (Å²) >= 11 is 0. The van der Waals surface area contributed by atoms with Crippen LogP contribution in [-0.4, -0.2) is 18.3 Å². The summed E-state index contributed by atoms with van der Waals surface area (Å²) in [5.41, 5.74) is 0.0930. The molecule has 8 nitrogen and oxygen atoms in total. The minimum atomic E-state index is -0.302. The minimum Gasteiger partial charge on any atom is -0.293 e. The highest BCUT2D eigenvalue weighted by atomic mass is 16.2. The third kappa shape index (κ3) is 3.23. The highest BCUT2D eigenvalue weighted by Crippen LogP contribution is 2.12. The molecule has 0 unspecified atom stereocenters. The minimum absolute atomic E-state index is 0.273. The molecule has 4 aromatic rings. The van der Waals surface area contributed by atoms with Crippen molar-refractivity contribution in [2.75, 3.05) is 0 Å². The number of benzene rings is 2. The Bertz CT molecular complexity index is 1450. The summed E-state index contributed by atoms with van der Waals surface area (Å²) in [5.74, 6) is 0. The van der Waals surface area contributed by atoms with Crippen LogP contribution in [0.4, 0.5) is 0 Å². The first-order valence-corrected chi connectivity index (χ1v) is 11.0. The maximum Gasteiger partial charge on any atom is 0.331 e. The molecule has 0 spiro atoms. The summed E-state index contributed by atoms with van der Waals surface area (Å²) in [6, 6.07) is 14.3. The Morgan fingerprint density at radius 3 is 1.22 bits per heavy atom. The summed E-state index contributed by atoms with van der Waals surface area (Å²) in [5, 5.41) is 1.06. The fourth-order valence-electron chi connectivity index (χ4n) is 4.65. The smallest absolute Gasteiger partial charge is 0.293 e. The van der Waals surface area contributed by atoms with Gasteiger partial charge in [-0.2, -0.15) is 0 Å². The number of hydrogen-bond donors (Lipinski definition) is 0. The molecule has 8 heteroatoms. The molecule has 0 atom stereocenters. The molecule has 0 N–H and O–H groups in total. The van der Waals surface area contributed by atoms with Crippen molar-refractivity contribution >= 4 is 21.8 Å². The molecule has 32 heavy (non-hydrogen) atoms. The summed E-state index contributed by atoms with van der Waals surface area (Å²) in [6.45, 7) is 1.40. The van der Waals surface area contributed by atoms with Gasteiger partial charge >= 0.3 is 11.4 Å². The average molecular weight is 432 g/mol. The largest absolute Gasteiger partial charge is 0.331 e. The molecule has 2 aromatic heterocycles. The first kappa shape index (κ1) is 20.2. The number of hydrogen-bond acceptors (Lipinski definition) is 4. The second kappa shape index (κ2) is 8.11. The third-order valence-corrected chi connectivity index (χ3v) is 6.29. The number of aryl methyl sites for hydroxylation is 2. The molecule has 0 amide bonds. The van der Waals surface area contributed by atoms with Crippen molar-refractivity contribution in [3.05, 3.63) is 90.2 Å². The zero-order chi connectivity index (χ0) is 22.2. The van der Waals surface area contributed by atoms with Gasteiger partial charge in [-0.15, -0.1) is 0 Å². The van der Waals surface area contributed by atoms with Crippen LogP contribution in [0.2, 0.25) is 0 Å². The highest BCUT2D eigenvalue weighted by Gasteiger charge is 2.16. The van der Waals surface area contributed by atoms with Gasteiger partial charge in [0.25, 0.3) is 11.1 Å². The Labute approximate surface area is 182 Å². The average Bonchev–Trinajstić information content (AvgIpc) is 2.81. The van der Waals surface area contributed by atoms with E-state index < -0.39 is 0 Å². The van der Waals surface area contributed by atoms with Crippen molar-refractivity contribution in [2.24, 2.45) is 0 Å². The van der Waals surface area contributed by atoms with Crippen LogP contribution in [0.1, 0.15) is 25.7 Å². The Balaban J connectivity index is 1.62. The molecule has 1 aliphatic heterocycles. The molecule has 1 aliphatic rings. The van der Waals surface area contributed by atoms with Crippen molar-refractivity contribution < 1.29 is 0 Å². The van der Waals surface area contributed by atoms with E-state index in [-0.39, 0.29) is 35.6 Å². The van der Waals surface area contributed by atoms with Crippen molar-refractivity contribution in [3.63, 3.8) is 0 Å². The third-order valence-electron chi connectivity index (χ3n) is 6.29. The van der Waals surface area contributed by atoms with Gasteiger partial charge in [-0.1, -0.05) is 24.3 Å². The summed E-state index contributed by atoms with van der Waals surface area (Å²) in [6.07, 6.45) is 2.32. The first-order chi connectivity index (χ1) is 15.6. The Hall–Kier alpha value is -3.68. The summed E-state index contributed by atoms with van der Waals surface area (Å²) in [4.78, 5) is 52.2. The molecule has 3 heterocycles. The van der Waals surface area contributed by atoms with E-state index in [0.29, 0.717) is 60.6 Å². The number of nitrogens with zero attached hydrogens (tertiary/aromatic N) is 4. The van der Waals surface area contributed by atoms with Crippen LogP contribution in [0.25, 0.3) is 21.8 Å². The SMILES string of the molecule is O=c1c2ccccc2n2c(=O)n1CCCCn1c(=O)n(c(=O)c3ccccc31)CCCC2. The van der Waals surface area contributed by atoms with E-state index in [1.807, 2.05) is 12.1 Å². The molecule has 0 saturated carbocycles. The van der Waals surface area contributed by atoms with E-state index in [2.05, 4.69) is 0 Å². The van der Waals surface area contributed by atoms with Crippen LogP contribution >= 0.6 is 0 Å². The Morgan fingerprint density at radius 2 is 0.812 bits per heavy atom. The van der Waals surface area contributed by atoms with Crippen molar-refractivity contribution in [1.29, 1.82) is 0 Å². The quantitative estimate of drug-likeness (QED) is 0.425. The Morgan fingerprint density at radius 1 is 0.469 bits per heavy atom. The van der Waals surface area contributed by atoms with Gasteiger partial charge in [0, 0.05) is 26.2 Å². The molecule has 0 radical (unpaired) electrons. The molecule has 4 bridgehead atoms. The Kier molecular flexibility index (Phi) is 5.13. The molecule has 0 aliphatic carbocycles. The zero-order valence-electron chi connectivity index (χ0n) is 17.7. The number of rotatable bonds is 0. The van der Waals surface area contributed by atoms with Crippen LogP contribution in [0.3, 0.4) is 0 Å². The molecular formula is C24H24N4O4. The van der Waals surface area contributed by atoms with E-state index in [4.69, 9.17) is 0 Å². The number of fused-ring (bicyclic) bond motifs is 8. The lowest BCUT2D eigenvalue weighted by Gasteiger charge is -2.17. The fraction of sp³-hybridized carbons (Fsp3) is 0.333. The highest BCUT2D eigenvalue weighted by molar-refractivity contribution is 5.78. The van der Waals surface area contributed by atoms with Gasteiger partial charge < -0.3 is 0 Å². The van der Waals surface area contributed by atoms with Gasteiger partial charge in [0.05, 0.1) is 21.8 Å². The van der Waals surface area contributed by atoms with Crippen LogP contribution in [0.5, 0.6) is 0 Å². The van der Waals surface area contributed by atoms with E-state index in [1.165, 1.54) is 9.13 Å². The van der Waals surface area contributed by atoms with Crippen molar-refractivity contribution in [2.45, 2.75) is 51.9 Å². The van der Waals surface area contributed by atoms with Crippen LogP contribution in [0, 0.1) is 0 Å². The monoisotopic (exact) mass is 432 g/mol. The number of para-hydroxylation sites is 2. The second-order valence-corrected chi connectivity index (χ2v) is 8.23.